The number of morpholine rings is 1. The molecule has 2 aliphatic rings. The van der Waals surface area contributed by atoms with E-state index < -0.39 is 6.04 Å². The first kappa shape index (κ1) is 23.3. The molecular formula is C25H30N8O2S. The summed E-state index contributed by atoms with van der Waals surface area (Å²) in [5, 5.41) is 8.27. The summed E-state index contributed by atoms with van der Waals surface area (Å²) in [6, 6.07) is 7.82. The number of carbonyl (C=O) groups is 1. The van der Waals surface area contributed by atoms with E-state index in [1.165, 1.54) is 4.88 Å². The quantitative estimate of drug-likeness (QED) is 0.423. The van der Waals surface area contributed by atoms with Crippen LogP contribution < -0.4 is 10.6 Å². The smallest absolute Gasteiger partial charge is 0.239 e. The summed E-state index contributed by atoms with van der Waals surface area (Å²) < 4.78 is 6.72. The Morgan fingerprint density at radius 2 is 1.97 bits per heavy atom. The molecule has 2 saturated heterocycles. The molecule has 3 aromatic heterocycles. The van der Waals surface area contributed by atoms with Crippen molar-refractivity contribution in [1.82, 2.24) is 30.0 Å². The molecule has 36 heavy (non-hydrogen) atoms. The fourth-order valence-corrected chi connectivity index (χ4v) is 6.11. The van der Waals surface area contributed by atoms with Crippen LogP contribution in [0.2, 0.25) is 0 Å². The molecule has 11 heteroatoms. The van der Waals surface area contributed by atoms with Crippen LogP contribution in [0.1, 0.15) is 11.8 Å². The van der Waals surface area contributed by atoms with Crippen LogP contribution in [-0.4, -0.2) is 94.4 Å². The van der Waals surface area contributed by atoms with Crippen molar-refractivity contribution < 1.29 is 9.53 Å². The summed E-state index contributed by atoms with van der Waals surface area (Å²) in [6.07, 6.45) is 1.83. The van der Waals surface area contributed by atoms with Crippen LogP contribution in [-0.2, 0) is 16.1 Å². The number of hydrogen-bond acceptors (Lipinski definition) is 9. The van der Waals surface area contributed by atoms with Crippen molar-refractivity contribution in [1.29, 1.82) is 0 Å². The van der Waals surface area contributed by atoms with E-state index in [0.29, 0.717) is 32.1 Å². The molecule has 0 bridgehead atoms. The zero-order valence-corrected chi connectivity index (χ0v) is 21.1. The molecule has 2 fully saturated rings. The number of amides is 1. The average Bonchev–Trinajstić information content (AvgIpc) is 3.55. The number of nitrogens with zero attached hydrogens (tertiary/aromatic N) is 6. The number of rotatable bonds is 5. The lowest BCUT2D eigenvalue weighted by Crippen LogP contribution is -2.52. The number of benzene rings is 1. The molecule has 0 saturated carbocycles. The number of aromatic amines is 1. The normalized spacial score (nSPS) is 18.3. The highest BCUT2D eigenvalue weighted by Crippen LogP contribution is 2.36. The second-order valence-electron chi connectivity index (χ2n) is 9.42. The second-order valence-corrected chi connectivity index (χ2v) is 10.6. The van der Waals surface area contributed by atoms with E-state index >= 15 is 0 Å². The lowest BCUT2D eigenvalue weighted by atomic mass is 10.1. The number of anilines is 1. The Kier molecular flexibility index (Phi) is 6.30. The number of nitrogens with one attached hydrogen (secondary N) is 1. The van der Waals surface area contributed by atoms with Crippen molar-refractivity contribution in [3.63, 3.8) is 0 Å². The van der Waals surface area contributed by atoms with Gasteiger partial charge in [-0.2, -0.15) is 5.10 Å². The van der Waals surface area contributed by atoms with Gasteiger partial charge in [0, 0.05) is 61.6 Å². The van der Waals surface area contributed by atoms with Crippen molar-refractivity contribution >= 4 is 44.2 Å². The van der Waals surface area contributed by atoms with Crippen molar-refractivity contribution in [2.75, 3.05) is 57.4 Å². The SMILES string of the molecule is CC(N)C(=O)N1CCN(Cc2cc3nc(-c4cccc5[nH]ncc45)nc(N4CCOCC4)c3s2)CC1. The van der Waals surface area contributed by atoms with Gasteiger partial charge >= 0.3 is 0 Å². The highest BCUT2D eigenvalue weighted by Gasteiger charge is 2.25. The first-order chi connectivity index (χ1) is 17.6. The first-order valence-corrected chi connectivity index (χ1v) is 13.2. The standard InChI is InChI=1S/C25H30N8O2S/c1-16(26)25(34)33-7-5-31(6-8-33)15-17-13-21-22(36-17)24(32-9-11-35-12-10-32)29-23(28-21)18-3-2-4-20-19(18)14-27-30-20/h2-4,13-14,16H,5-12,15,26H2,1H3,(H,27,30). The number of nitrogens with two attached hydrogens (primary N) is 1. The van der Waals surface area contributed by atoms with Gasteiger partial charge in [0.25, 0.3) is 0 Å². The minimum atomic E-state index is -0.446. The van der Waals surface area contributed by atoms with Gasteiger partial charge in [-0.15, -0.1) is 11.3 Å². The molecule has 1 amide bonds. The number of thiophene rings is 1. The lowest BCUT2D eigenvalue weighted by Gasteiger charge is -2.35. The molecular weight excluding hydrogens is 476 g/mol. The Hall–Kier alpha value is -3.12. The summed E-state index contributed by atoms with van der Waals surface area (Å²) in [5.74, 6) is 1.72. The van der Waals surface area contributed by atoms with Crippen LogP contribution in [0.5, 0.6) is 0 Å². The molecule has 0 aliphatic carbocycles. The van der Waals surface area contributed by atoms with Crippen molar-refractivity contribution in [3.05, 3.63) is 35.3 Å². The fraction of sp³-hybridized carbons (Fsp3) is 0.440. The van der Waals surface area contributed by atoms with E-state index in [2.05, 4.69) is 32.1 Å². The van der Waals surface area contributed by atoms with Gasteiger partial charge in [-0.05, 0) is 19.1 Å². The molecule has 188 valence electrons. The molecule has 1 atom stereocenters. The molecule has 0 spiro atoms. The molecule has 1 aromatic carbocycles. The number of H-pyrrole nitrogens is 1. The Morgan fingerprint density at radius 3 is 2.75 bits per heavy atom. The van der Waals surface area contributed by atoms with Gasteiger partial charge in [0.05, 0.1) is 41.2 Å². The lowest BCUT2D eigenvalue weighted by molar-refractivity contribution is -0.134. The molecule has 5 heterocycles. The minimum Gasteiger partial charge on any atom is -0.378 e. The van der Waals surface area contributed by atoms with Crippen LogP contribution in [0.3, 0.4) is 0 Å². The Morgan fingerprint density at radius 1 is 1.17 bits per heavy atom. The van der Waals surface area contributed by atoms with E-state index in [4.69, 9.17) is 20.4 Å². The topological polar surface area (TPSA) is 116 Å². The van der Waals surface area contributed by atoms with Crippen LogP contribution in [0.4, 0.5) is 5.82 Å². The van der Waals surface area contributed by atoms with Gasteiger partial charge < -0.3 is 20.3 Å². The van der Waals surface area contributed by atoms with E-state index in [9.17, 15) is 4.79 Å². The van der Waals surface area contributed by atoms with E-state index in [0.717, 1.165) is 65.2 Å². The summed E-state index contributed by atoms with van der Waals surface area (Å²) in [6.45, 7) is 8.68. The summed E-state index contributed by atoms with van der Waals surface area (Å²) in [5.41, 5.74) is 8.70. The maximum absolute atomic E-state index is 12.2. The molecule has 3 N–H and O–H groups in total. The van der Waals surface area contributed by atoms with E-state index in [-0.39, 0.29) is 5.91 Å². The van der Waals surface area contributed by atoms with Gasteiger partial charge in [0.1, 0.15) is 0 Å². The predicted molar refractivity (Wildman–Crippen MR) is 141 cm³/mol. The van der Waals surface area contributed by atoms with Gasteiger partial charge in [0.15, 0.2) is 11.6 Å². The number of carbonyl (C=O) groups excluding carboxylic acids is 1. The van der Waals surface area contributed by atoms with Crippen molar-refractivity contribution in [3.8, 4) is 11.4 Å². The third-order valence-electron chi connectivity index (χ3n) is 6.89. The zero-order chi connectivity index (χ0) is 24.6. The van der Waals surface area contributed by atoms with E-state index in [1.54, 1.807) is 18.3 Å². The maximum atomic E-state index is 12.2. The third kappa shape index (κ3) is 4.43. The highest BCUT2D eigenvalue weighted by atomic mass is 32.1. The van der Waals surface area contributed by atoms with Gasteiger partial charge in [-0.25, -0.2) is 9.97 Å². The summed E-state index contributed by atoms with van der Waals surface area (Å²) >= 11 is 1.76. The molecule has 6 rings (SSSR count). The highest BCUT2D eigenvalue weighted by molar-refractivity contribution is 7.19. The molecule has 1 unspecified atom stereocenters. The number of fused-ring (bicyclic) bond motifs is 2. The molecule has 0 radical (unpaired) electrons. The Bertz CT molecular complexity index is 1390. The van der Waals surface area contributed by atoms with Crippen molar-refractivity contribution in [2.45, 2.75) is 19.5 Å². The predicted octanol–water partition coefficient (Wildman–Crippen LogP) is 2.06. The van der Waals surface area contributed by atoms with Crippen LogP contribution in [0, 0.1) is 0 Å². The number of aromatic nitrogens is 4. The second kappa shape index (κ2) is 9.74. The minimum absolute atomic E-state index is 0.0297. The fourth-order valence-electron chi connectivity index (χ4n) is 4.95. The molecule has 2 aliphatic heterocycles. The monoisotopic (exact) mass is 506 g/mol. The van der Waals surface area contributed by atoms with Crippen LogP contribution in [0.15, 0.2) is 30.5 Å². The average molecular weight is 507 g/mol. The maximum Gasteiger partial charge on any atom is 0.239 e. The molecule has 4 aromatic rings. The van der Waals surface area contributed by atoms with E-state index in [1.807, 2.05) is 23.2 Å². The number of piperazine rings is 1. The Balaban J connectivity index is 1.32. The largest absolute Gasteiger partial charge is 0.378 e. The third-order valence-corrected chi connectivity index (χ3v) is 8.00. The zero-order valence-electron chi connectivity index (χ0n) is 20.3. The van der Waals surface area contributed by atoms with Gasteiger partial charge in [-0.1, -0.05) is 12.1 Å². The van der Waals surface area contributed by atoms with Crippen LogP contribution >= 0.6 is 11.3 Å². The summed E-state index contributed by atoms with van der Waals surface area (Å²) in [4.78, 5) is 30.2. The molecule has 10 nitrogen and oxygen atoms in total. The summed E-state index contributed by atoms with van der Waals surface area (Å²) in [7, 11) is 0. The van der Waals surface area contributed by atoms with Gasteiger partial charge in [-0.3, -0.25) is 14.8 Å². The van der Waals surface area contributed by atoms with Crippen LogP contribution in [0.25, 0.3) is 32.5 Å². The first-order valence-electron chi connectivity index (χ1n) is 12.4. The number of hydrogen-bond donors (Lipinski definition) is 2. The van der Waals surface area contributed by atoms with Gasteiger partial charge in [0.2, 0.25) is 5.91 Å². The van der Waals surface area contributed by atoms with Crippen molar-refractivity contribution in [2.24, 2.45) is 5.73 Å². The Labute approximate surface area is 213 Å². The number of ether oxygens (including phenoxy) is 1.